The van der Waals surface area contributed by atoms with Crippen LogP contribution >= 0.6 is 0 Å². The minimum Gasteiger partial charge on any atom is -0.324 e. The molecule has 0 unspecified atom stereocenters. The molecule has 2 N–H and O–H groups in total. The second-order valence-electron chi connectivity index (χ2n) is 6.14. The van der Waals surface area contributed by atoms with Crippen molar-refractivity contribution in [1.29, 1.82) is 0 Å². The van der Waals surface area contributed by atoms with Gasteiger partial charge in [-0.05, 0) is 49.1 Å². The van der Waals surface area contributed by atoms with E-state index >= 15 is 0 Å². The van der Waals surface area contributed by atoms with Gasteiger partial charge < -0.3 is 10.6 Å². The van der Waals surface area contributed by atoms with E-state index in [1.807, 2.05) is 30.3 Å². The van der Waals surface area contributed by atoms with Gasteiger partial charge in [0, 0.05) is 18.7 Å². The number of para-hydroxylation sites is 2. The number of carbonyl (C=O) groups is 2. The summed E-state index contributed by atoms with van der Waals surface area (Å²) < 4.78 is 0. The monoisotopic (exact) mass is 347 g/mol. The van der Waals surface area contributed by atoms with E-state index in [9.17, 15) is 9.59 Å². The van der Waals surface area contributed by atoms with E-state index in [4.69, 9.17) is 0 Å². The average Bonchev–Trinajstić information content (AvgIpc) is 3.15. The van der Waals surface area contributed by atoms with Gasteiger partial charge in [-0.2, -0.15) is 0 Å². The molecule has 3 rings (SSSR count). The molecule has 1 heterocycles. The largest absolute Gasteiger partial charge is 0.324 e. The first-order valence-electron chi connectivity index (χ1n) is 8.66. The van der Waals surface area contributed by atoms with Gasteiger partial charge in [0.15, 0.2) is 0 Å². The molecule has 0 bridgehead atoms. The number of pyridine rings is 1. The van der Waals surface area contributed by atoms with E-state index in [0.29, 0.717) is 29.4 Å². The van der Waals surface area contributed by atoms with Crippen molar-refractivity contribution in [2.24, 2.45) is 5.92 Å². The first kappa shape index (κ1) is 17.6. The molecule has 0 saturated carbocycles. The van der Waals surface area contributed by atoms with Crippen LogP contribution < -0.4 is 10.6 Å². The van der Waals surface area contributed by atoms with Crippen LogP contribution in [0.3, 0.4) is 0 Å². The van der Waals surface area contributed by atoms with Crippen LogP contribution in [0.2, 0.25) is 0 Å². The molecule has 1 aromatic carbocycles. The maximum Gasteiger partial charge on any atom is 0.248 e. The summed E-state index contributed by atoms with van der Waals surface area (Å²) in [5.41, 5.74) is 1.87. The van der Waals surface area contributed by atoms with Gasteiger partial charge >= 0.3 is 0 Å². The zero-order valence-electron chi connectivity index (χ0n) is 14.4. The lowest BCUT2D eigenvalue weighted by atomic mass is 10.0. The summed E-state index contributed by atoms with van der Waals surface area (Å²) in [6.45, 7) is 0. The molecule has 0 radical (unpaired) electrons. The maximum absolute atomic E-state index is 12.2. The Kier molecular flexibility index (Phi) is 5.93. The average molecular weight is 347 g/mol. The van der Waals surface area contributed by atoms with Crippen LogP contribution in [0.1, 0.15) is 25.0 Å². The van der Waals surface area contributed by atoms with Gasteiger partial charge in [0.05, 0.1) is 17.1 Å². The number of anilines is 2. The van der Waals surface area contributed by atoms with E-state index in [1.165, 1.54) is 6.08 Å². The number of rotatable bonds is 6. The van der Waals surface area contributed by atoms with Gasteiger partial charge in [0.1, 0.15) is 0 Å². The second-order valence-corrected chi connectivity index (χ2v) is 6.14. The molecule has 1 aliphatic carbocycles. The van der Waals surface area contributed by atoms with Crippen molar-refractivity contribution in [2.45, 2.75) is 19.3 Å². The first-order valence-corrected chi connectivity index (χ1v) is 8.66. The molecule has 0 aliphatic heterocycles. The molecule has 2 amide bonds. The Bertz CT molecular complexity index is 828. The highest BCUT2D eigenvalue weighted by Gasteiger charge is 2.15. The fourth-order valence-electron chi connectivity index (χ4n) is 2.82. The number of hydrogen-bond donors (Lipinski definition) is 2. The third-order valence-electron chi connectivity index (χ3n) is 4.11. The summed E-state index contributed by atoms with van der Waals surface area (Å²) in [7, 11) is 0. The third kappa shape index (κ3) is 5.14. The number of amides is 2. The molecule has 1 aromatic heterocycles. The third-order valence-corrected chi connectivity index (χ3v) is 4.11. The van der Waals surface area contributed by atoms with Crippen LogP contribution in [0.25, 0.3) is 6.08 Å². The van der Waals surface area contributed by atoms with Crippen molar-refractivity contribution >= 4 is 29.3 Å². The van der Waals surface area contributed by atoms with Crippen molar-refractivity contribution in [3.05, 3.63) is 72.6 Å². The van der Waals surface area contributed by atoms with Crippen molar-refractivity contribution < 1.29 is 9.59 Å². The van der Waals surface area contributed by atoms with E-state index in [0.717, 1.165) is 12.8 Å². The number of carbonyl (C=O) groups excluding carboxylic acids is 2. The molecular weight excluding hydrogens is 326 g/mol. The van der Waals surface area contributed by atoms with Gasteiger partial charge in [0.2, 0.25) is 11.8 Å². The molecular formula is C21H21N3O2. The number of aromatic nitrogens is 1. The highest BCUT2D eigenvalue weighted by atomic mass is 16.2. The summed E-state index contributed by atoms with van der Waals surface area (Å²) in [5, 5.41) is 5.69. The Morgan fingerprint density at radius 2 is 1.85 bits per heavy atom. The maximum atomic E-state index is 12.2. The Labute approximate surface area is 152 Å². The summed E-state index contributed by atoms with van der Waals surface area (Å²) in [6.07, 6.45) is 11.4. The molecule has 1 aliphatic rings. The number of nitrogens with zero attached hydrogens (tertiary/aromatic N) is 1. The topological polar surface area (TPSA) is 71.1 Å². The van der Waals surface area contributed by atoms with E-state index in [1.54, 1.807) is 24.4 Å². The predicted molar refractivity (Wildman–Crippen MR) is 103 cm³/mol. The lowest BCUT2D eigenvalue weighted by Crippen LogP contribution is -2.17. The minimum atomic E-state index is -0.281. The lowest BCUT2D eigenvalue weighted by molar-refractivity contribution is -0.117. The highest BCUT2D eigenvalue weighted by Crippen LogP contribution is 2.24. The van der Waals surface area contributed by atoms with Gasteiger partial charge in [-0.3, -0.25) is 14.6 Å². The van der Waals surface area contributed by atoms with Crippen LogP contribution in [0, 0.1) is 5.92 Å². The minimum absolute atomic E-state index is 0.0488. The zero-order chi connectivity index (χ0) is 18.2. The van der Waals surface area contributed by atoms with Crippen molar-refractivity contribution in [3.8, 4) is 0 Å². The van der Waals surface area contributed by atoms with Gasteiger partial charge in [-0.25, -0.2) is 0 Å². The second kappa shape index (κ2) is 8.76. The Morgan fingerprint density at radius 1 is 1.08 bits per heavy atom. The molecule has 0 saturated heterocycles. The molecule has 132 valence electrons. The fourth-order valence-corrected chi connectivity index (χ4v) is 2.82. The smallest absolute Gasteiger partial charge is 0.248 e. The van der Waals surface area contributed by atoms with Crippen LogP contribution in [0.5, 0.6) is 0 Å². The van der Waals surface area contributed by atoms with E-state index in [2.05, 4.69) is 27.8 Å². The number of benzene rings is 1. The van der Waals surface area contributed by atoms with Crippen LogP contribution in [-0.2, 0) is 9.59 Å². The van der Waals surface area contributed by atoms with Gasteiger partial charge in [-0.1, -0.05) is 30.4 Å². The Balaban J connectivity index is 1.61. The number of hydrogen-bond acceptors (Lipinski definition) is 3. The van der Waals surface area contributed by atoms with Crippen LogP contribution in [0.4, 0.5) is 11.4 Å². The molecule has 5 heteroatoms. The van der Waals surface area contributed by atoms with Crippen LogP contribution in [-0.4, -0.2) is 16.8 Å². The predicted octanol–water partition coefficient (Wildman–Crippen LogP) is 4.03. The lowest BCUT2D eigenvalue weighted by Gasteiger charge is -2.13. The van der Waals surface area contributed by atoms with Gasteiger partial charge in [0.25, 0.3) is 0 Å². The molecule has 26 heavy (non-hydrogen) atoms. The fraction of sp³-hybridized carbons (Fsp3) is 0.190. The molecule has 0 spiro atoms. The Hall–Kier alpha value is -3.21. The number of allylic oxidation sites excluding steroid dienone is 2. The summed E-state index contributed by atoms with van der Waals surface area (Å²) in [5.74, 6) is -0.0265. The zero-order valence-corrected chi connectivity index (χ0v) is 14.4. The molecule has 0 fully saturated rings. The SMILES string of the molecule is O=C(/C=C\c1ccccn1)Nc1ccccc1NC(=O)C[C@H]1C=CCC1. The van der Waals surface area contributed by atoms with E-state index in [-0.39, 0.29) is 11.8 Å². The van der Waals surface area contributed by atoms with Crippen molar-refractivity contribution in [2.75, 3.05) is 10.6 Å². The molecule has 2 aromatic rings. The molecule has 5 nitrogen and oxygen atoms in total. The van der Waals surface area contributed by atoms with Crippen LogP contribution in [0.15, 0.2) is 66.9 Å². The summed E-state index contributed by atoms with van der Waals surface area (Å²) in [6, 6.07) is 12.7. The van der Waals surface area contributed by atoms with Crippen molar-refractivity contribution in [1.82, 2.24) is 4.98 Å². The first-order chi connectivity index (χ1) is 12.7. The molecule has 1 atom stereocenters. The Morgan fingerprint density at radius 3 is 2.54 bits per heavy atom. The highest BCUT2D eigenvalue weighted by molar-refractivity contribution is 6.05. The standard InChI is InChI=1S/C21H21N3O2/c25-20(13-12-17-9-5-6-14-22-17)23-18-10-3-4-11-19(18)24-21(26)15-16-7-1-2-8-16/h1,3-7,9-14,16H,2,8,15H2,(H,23,25)(H,24,26)/b13-12-/t16-/m0/s1. The summed E-state index contributed by atoms with van der Waals surface area (Å²) >= 11 is 0. The van der Waals surface area contributed by atoms with Gasteiger partial charge in [-0.15, -0.1) is 0 Å². The summed E-state index contributed by atoms with van der Waals surface area (Å²) in [4.78, 5) is 28.5. The van der Waals surface area contributed by atoms with E-state index < -0.39 is 0 Å². The normalized spacial score (nSPS) is 15.9. The quantitative estimate of drug-likeness (QED) is 0.612. The van der Waals surface area contributed by atoms with Crippen molar-refractivity contribution in [3.63, 3.8) is 0 Å². The number of nitrogens with one attached hydrogen (secondary N) is 2.